The highest BCUT2D eigenvalue weighted by Gasteiger charge is 2.32. The summed E-state index contributed by atoms with van der Waals surface area (Å²) in [6.45, 7) is 3.63. The van der Waals surface area contributed by atoms with Crippen molar-refractivity contribution >= 4 is 17.3 Å². The molecule has 1 aromatic carbocycles. The van der Waals surface area contributed by atoms with Crippen LogP contribution in [-0.4, -0.2) is 28.6 Å². The Hall–Kier alpha value is -1.72. The highest BCUT2D eigenvalue weighted by Crippen LogP contribution is 2.32. The molecule has 122 valence electrons. The fraction of sp³-hybridized carbons (Fsp3) is 0.389. The van der Waals surface area contributed by atoms with Crippen LogP contribution < -0.4 is 0 Å². The maximum absolute atomic E-state index is 13.9. The maximum Gasteiger partial charge on any atom is 0.308 e. The third-order valence-electron chi connectivity index (χ3n) is 4.60. The number of likely N-dealkylation sites (tertiary alicyclic amines) is 1. The van der Waals surface area contributed by atoms with Gasteiger partial charge in [-0.3, -0.25) is 9.69 Å². The molecule has 0 aliphatic carbocycles. The lowest BCUT2D eigenvalue weighted by molar-refractivity contribution is -0.145. The molecule has 3 rings (SSSR count). The van der Waals surface area contributed by atoms with E-state index in [1.807, 2.05) is 25.1 Å². The molecule has 2 atom stereocenters. The van der Waals surface area contributed by atoms with E-state index in [1.54, 1.807) is 23.5 Å². The van der Waals surface area contributed by atoms with E-state index in [0.29, 0.717) is 5.56 Å². The topological polar surface area (TPSA) is 40.5 Å². The summed E-state index contributed by atoms with van der Waals surface area (Å²) in [5, 5.41) is 9.31. The number of halogens is 1. The van der Waals surface area contributed by atoms with Gasteiger partial charge in [0.2, 0.25) is 0 Å². The van der Waals surface area contributed by atoms with Gasteiger partial charge in [-0.25, -0.2) is 4.39 Å². The Labute approximate surface area is 139 Å². The molecule has 0 spiro atoms. The van der Waals surface area contributed by atoms with Crippen LogP contribution in [0.5, 0.6) is 0 Å². The third-order valence-corrected chi connectivity index (χ3v) is 5.70. The molecular weight excluding hydrogens is 313 g/mol. The van der Waals surface area contributed by atoms with Gasteiger partial charge in [-0.15, -0.1) is 11.3 Å². The number of rotatable bonds is 4. The average molecular weight is 333 g/mol. The molecule has 0 bridgehead atoms. The third kappa shape index (κ3) is 3.46. The van der Waals surface area contributed by atoms with Crippen LogP contribution in [0.15, 0.2) is 36.4 Å². The SMILES string of the molecule is C[C@@H]1[C@H](C(=O)O)CCCN1Cc1ccc(-c2ccccc2F)s1. The Morgan fingerprint density at radius 1 is 1.35 bits per heavy atom. The molecule has 1 aromatic heterocycles. The lowest BCUT2D eigenvalue weighted by Crippen LogP contribution is -2.45. The summed E-state index contributed by atoms with van der Waals surface area (Å²) in [7, 11) is 0. The molecular formula is C18H20FNO2S. The van der Waals surface area contributed by atoms with Crippen molar-refractivity contribution in [3.8, 4) is 10.4 Å². The summed E-state index contributed by atoms with van der Waals surface area (Å²) >= 11 is 1.58. The monoisotopic (exact) mass is 333 g/mol. The van der Waals surface area contributed by atoms with Crippen molar-refractivity contribution in [1.29, 1.82) is 0 Å². The Balaban J connectivity index is 1.74. The Morgan fingerprint density at radius 2 is 2.13 bits per heavy atom. The molecule has 1 fully saturated rings. The minimum Gasteiger partial charge on any atom is -0.481 e. The zero-order valence-electron chi connectivity index (χ0n) is 13.0. The zero-order valence-corrected chi connectivity index (χ0v) is 13.9. The van der Waals surface area contributed by atoms with Crippen molar-refractivity contribution < 1.29 is 14.3 Å². The minimum absolute atomic E-state index is 0.0280. The first-order valence-electron chi connectivity index (χ1n) is 7.86. The number of hydrogen-bond acceptors (Lipinski definition) is 3. The van der Waals surface area contributed by atoms with Crippen LogP contribution in [0.2, 0.25) is 0 Å². The van der Waals surface area contributed by atoms with E-state index in [1.165, 1.54) is 6.07 Å². The van der Waals surface area contributed by atoms with Crippen molar-refractivity contribution in [2.24, 2.45) is 5.92 Å². The van der Waals surface area contributed by atoms with Crippen LogP contribution in [-0.2, 0) is 11.3 Å². The largest absolute Gasteiger partial charge is 0.481 e. The van der Waals surface area contributed by atoms with Crippen LogP contribution in [0.25, 0.3) is 10.4 Å². The quantitative estimate of drug-likeness (QED) is 0.910. The van der Waals surface area contributed by atoms with Crippen molar-refractivity contribution in [2.45, 2.75) is 32.4 Å². The first kappa shape index (κ1) is 16.1. The summed E-state index contributed by atoms with van der Waals surface area (Å²) in [4.78, 5) is 15.6. The second-order valence-electron chi connectivity index (χ2n) is 6.04. The van der Waals surface area contributed by atoms with Gasteiger partial charge in [0, 0.05) is 27.9 Å². The second-order valence-corrected chi connectivity index (χ2v) is 7.21. The van der Waals surface area contributed by atoms with Gasteiger partial charge in [0.05, 0.1) is 5.92 Å². The molecule has 1 aliphatic heterocycles. The molecule has 1 saturated heterocycles. The average Bonchev–Trinajstić information content (AvgIpc) is 2.98. The number of aliphatic carboxylic acids is 1. The lowest BCUT2D eigenvalue weighted by Gasteiger charge is -2.37. The molecule has 0 saturated carbocycles. The summed E-state index contributed by atoms with van der Waals surface area (Å²) in [5.74, 6) is -1.21. The summed E-state index contributed by atoms with van der Waals surface area (Å²) in [6.07, 6.45) is 1.66. The summed E-state index contributed by atoms with van der Waals surface area (Å²) < 4.78 is 13.9. The van der Waals surface area contributed by atoms with E-state index < -0.39 is 5.97 Å². The van der Waals surface area contributed by atoms with Crippen LogP contribution in [0.1, 0.15) is 24.6 Å². The number of carboxylic acid groups (broad SMARTS) is 1. The smallest absolute Gasteiger partial charge is 0.308 e. The van der Waals surface area contributed by atoms with Gasteiger partial charge in [-0.05, 0) is 44.5 Å². The fourth-order valence-electron chi connectivity index (χ4n) is 3.24. The predicted octanol–water partition coefficient (Wildman–Crippen LogP) is 4.24. The lowest BCUT2D eigenvalue weighted by atomic mass is 9.90. The van der Waals surface area contributed by atoms with Crippen LogP contribution in [0.4, 0.5) is 4.39 Å². The molecule has 2 heterocycles. The van der Waals surface area contributed by atoms with Gasteiger partial charge in [-0.2, -0.15) is 0 Å². The van der Waals surface area contributed by atoms with E-state index in [4.69, 9.17) is 0 Å². The van der Waals surface area contributed by atoms with Gasteiger partial charge in [0.25, 0.3) is 0 Å². The second kappa shape index (κ2) is 6.81. The van der Waals surface area contributed by atoms with Gasteiger partial charge in [0.15, 0.2) is 0 Å². The molecule has 0 radical (unpaired) electrons. The number of thiophene rings is 1. The number of piperidine rings is 1. The fourth-order valence-corrected chi connectivity index (χ4v) is 4.30. The first-order chi connectivity index (χ1) is 11.1. The molecule has 3 nitrogen and oxygen atoms in total. The summed E-state index contributed by atoms with van der Waals surface area (Å²) in [6, 6.07) is 10.8. The number of nitrogens with zero attached hydrogens (tertiary/aromatic N) is 1. The molecule has 1 aliphatic rings. The molecule has 2 aromatic rings. The molecule has 1 N–H and O–H groups in total. The molecule has 5 heteroatoms. The van der Waals surface area contributed by atoms with E-state index in [0.717, 1.165) is 35.7 Å². The predicted molar refractivity (Wildman–Crippen MR) is 89.9 cm³/mol. The maximum atomic E-state index is 13.9. The van der Waals surface area contributed by atoms with Gasteiger partial charge < -0.3 is 5.11 Å². The van der Waals surface area contributed by atoms with Gasteiger partial charge in [0.1, 0.15) is 5.82 Å². The number of carboxylic acids is 1. The van der Waals surface area contributed by atoms with Gasteiger partial charge in [-0.1, -0.05) is 18.2 Å². The van der Waals surface area contributed by atoms with Crippen molar-refractivity contribution in [2.75, 3.05) is 6.54 Å². The van der Waals surface area contributed by atoms with Crippen LogP contribution >= 0.6 is 11.3 Å². The van der Waals surface area contributed by atoms with Crippen molar-refractivity contribution in [3.05, 3.63) is 47.1 Å². The standard InChI is InChI=1S/C18H20FNO2S/c1-12-14(18(21)22)6-4-10-20(12)11-13-8-9-17(23-13)15-5-2-3-7-16(15)19/h2-3,5,7-9,12,14H,4,6,10-11H2,1H3,(H,21,22)/t12-,14-/m1/s1. The summed E-state index contributed by atoms with van der Waals surface area (Å²) in [5.41, 5.74) is 0.624. The Bertz CT molecular complexity index is 700. The van der Waals surface area contributed by atoms with E-state index in [-0.39, 0.29) is 17.8 Å². The highest BCUT2D eigenvalue weighted by atomic mass is 32.1. The number of benzene rings is 1. The first-order valence-corrected chi connectivity index (χ1v) is 8.68. The van der Waals surface area contributed by atoms with Crippen LogP contribution in [0, 0.1) is 11.7 Å². The van der Waals surface area contributed by atoms with Gasteiger partial charge >= 0.3 is 5.97 Å². The Morgan fingerprint density at radius 3 is 2.87 bits per heavy atom. The van der Waals surface area contributed by atoms with Crippen LogP contribution in [0.3, 0.4) is 0 Å². The number of carbonyl (C=O) groups is 1. The van der Waals surface area contributed by atoms with E-state index >= 15 is 0 Å². The molecule has 0 unspecified atom stereocenters. The highest BCUT2D eigenvalue weighted by molar-refractivity contribution is 7.15. The normalized spacial score (nSPS) is 22.2. The molecule has 23 heavy (non-hydrogen) atoms. The van der Waals surface area contributed by atoms with E-state index in [2.05, 4.69) is 4.90 Å². The Kier molecular flexibility index (Phi) is 4.78. The minimum atomic E-state index is -0.708. The van der Waals surface area contributed by atoms with Crippen molar-refractivity contribution in [1.82, 2.24) is 4.90 Å². The van der Waals surface area contributed by atoms with Crippen molar-refractivity contribution in [3.63, 3.8) is 0 Å². The zero-order chi connectivity index (χ0) is 16.4. The van der Waals surface area contributed by atoms with E-state index in [9.17, 15) is 14.3 Å². The number of hydrogen-bond donors (Lipinski definition) is 1. The molecule has 0 amide bonds.